The van der Waals surface area contributed by atoms with E-state index in [1.807, 2.05) is 37.3 Å². The average Bonchev–Trinajstić information content (AvgIpc) is 2.99. The minimum Gasteiger partial charge on any atom is -0.294 e. The first-order chi connectivity index (χ1) is 10.1. The van der Waals surface area contributed by atoms with Gasteiger partial charge in [0.1, 0.15) is 0 Å². The maximum Gasteiger partial charge on any atom is 0.170 e. The molecule has 1 atom stereocenters. The van der Waals surface area contributed by atoms with Crippen molar-refractivity contribution < 1.29 is 9.59 Å². The zero-order valence-corrected chi connectivity index (χ0v) is 12.0. The van der Waals surface area contributed by atoms with Gasteiger partial charge >= 0.3 is 0 Å². The zero-order chi connectivity index (χ0) is 14.6. The van der Waals surface area contributed by atoms with Gasteiger partial charge in [-0.3, -0.25) is 9.59 Å². The summed E-state index contributed by atoms with van der Waals surface area (Å²) in [6.45, 7) is 2.04. The Labute approximate surface area is 123 Å². The van der Waals surface area contributed by atoms with E-state index < -0.39 is 0 Å². The minimum atomic E-state index is -0.0856. The van der Waals surface area contributed by atoms with Crippen LogP contribution in [0.15, 0.2) is 36.4 Å². The van der Waals surface area contributed by atoms with Gasteiger partial charge in [0.05, 0.1) is 5.92 Å². The summed E-state index contributed by atoms with van der Waals surface area (Å²) in [5, 5.41) is 0. The second-order valence-corrected chi connectivity index (χ2v) is 6.12. The number of ketones is 2. The van der Waals surface area contributed by atoms with Crippen LogP contribution in [0.5, 0.6) is 0 Å². The van der Waals surface area contributed by atoms with E-state index in [1.54, 1.807) is 0 Å². The Bertz CT molecular complexity index is 786. The third kappa shape index (κ3) is 1.86. The van der Waals surface area contributed by atoms with Crippen LogP contribution < -0.4 is 0 Å². The minimum absolute atomic E-state index is 0.0856. The van der Waals surface area contributed by atoms with Crippen molar-refractivity contribution in [3.8, 4) is 0 Å². The molecule has 0 aromatic heterocycles. The standard InChI is InChI=1S/C19H16O2/c1-11-3-2-4-12(7-11)16-10-14-9-15-13(5-6-18(15)20)8-17(14)19(16)21/h2-4,7-9,16H,5-6,10H2,1H3. The van der Waals surface area contributed by atoms with Gasteiger partial charge in [0, 0.05) is 17.5 Å². The van der Waals surface area contributed by atoms with Crippen molar-refractivity contribution in [2.45, 2.75) is 32.1 Å². The molecule has 2 heteroatoms. The van der Waals surface area contributed by atoms with Gasteiger partial charge in [-0.1, -0.05) is 29.8 Å². The van der Waals surface area contributed by atoms with Crippen LogP contribution in [-0.4, -0.2) is 11.6 Å². The highest BCUT2D eigenvalue weighted by Crippen LogP contribution is 2.37. The Kier molecular flexibility index (Phi) is 2.61. The summed E-state index contributed by atoms with van der Waals surface area (Å²) in [7, 11) is 0. The third-order valence-electron chi connectivity index (χ3n) is 4.70. The van der Waals surface area contributed by atoms with Gasteiger partial charge in [-0.25, -0.2) is 0 Å². The van der Waals surface area contributed by atoms with Gasteiger partial charge in [0.15, 0.2) is 11.6 Å². The van der Waals surface area contributed by atoms with Crippen LogP contribution in [0.3, 0.4) is 0 Å². The molecule has 104 valence electrons. The lowest BCUT2D eigenvalue weighted by Crippen LogP contribution is -2.07. The van der Waals surface area contributed by atoms with Crippen LogP contribution in [0.4, 0.5) is 0 Å². The molecule has 0 radical (unpaired) electrons. The molecule has 2 aliphatic rings. The molecule has 0 saturated carbocycles. The number of Topliss-reactive ketones (excluding diaryl/α,β-unsaturated/α-hetero) is 2. The van der Waals surface area contributed by atoms with Crippen molar-refractivity contribution in [1.82, 2.24) is 0 Å². The Hall–Kier alpha value is -2.22. The maximum absolute atomic E-state index is 12.7. The number of fused-ring (bicyclic) bond motifs is 2. The van der Waals surface area contributed by atoms with Gasteiger partial charge in [0.2, 0.25) is 0 Å². The predicted octanol–water partition coefficient (Wildman–Crippen LogP) is 3.65. The zero-order valence-electron chi connectivity index (χ0n) is 12.0. The molecule has 0 heterocycles. The van der Waals surface area contributed by atoms with E-state index in [9.17, 15) is 9.59 Å². The molecule has 0 bridgehead atoms. The van der Waals surface area contributed by atoms with E-state index >= 15 is 0 Å². The van der Waals surface area contributed by atoms with E-state index in [4.69, 9.17) is 0 Å². The highest BCUT2D eigenvalue weighted by molar-refractivity contribution is 6.08. The topological polar surface area (TPSA) is 34.1 Å². The van der Waals surface area contributed by atoms with Crippen molar-refractivity contribution >= 4 is 11.6 Å². The molecule has 1 unspecified atom stereocenters. The lowest BCUT2D eigenvalue weighted by Gasteiger charge is -2.08. The molecule has 0 fully saturated rings. The lowest BCUT2D eigenvalue weighted by atomic mass is 9.94. The van der Waals surface area contributed by atoms with Crippen LogP contribution in [0.1, 0.15) is 55.3 Å². The predicted molar refractivity (Wildman–Crippen MR) is 81.0 cm³/mol. The second kappa shape index (κ2) is 4.39. The van der Waals surface area contributed by atoms with Crippen LogP contribution in [-0.2, 0) is 12.8 Å². The summed E-state index contributed by atoms with van der Waals surface area (Å²) in [6.07, 6.45) is 2.09. The fourth-order valence-electron chi connectivity index (χ4n) is 3.59. The summed E-state index contributed by atoms with van der Waals surface area (Å²) < 4.78 is 0. The fourth-order valence-corrected chi connectivity index (χ4v) is 3.59. The smallest absolute Gasteiger partial charge is 0.170 e. The second-order valence-electron chi connectivity index (χ2n) is 6.12. The average molecular weight is 276 g/mol. The summed E-state index contributed by atoms with van der Waals surface area (Å²) in [6, 6.07) is 12.1. The molecule has 0 aliphatic heterocycles. The van der Waals surface area contributed by atoms with Crippen LogP contribution in [0.2, 0.25) is 0 Å². The Morgan fingerprint density at radius 3 is 2.57 bits per heavy atom. The monoisotopic (exact) mass is 276 g/mol. The van der Waals surface area contributed by atoms with Gasteiger partial charge < -0.3 is 0 Å². The third-order valence-corrected chi connectivity index (χ3v) is 4.70. The Morgan fingerprint density at radius 2 is 1.76 bits per heavy atom. The van der Waals surface area contributed by atoms with Crippen molar-refractivity contribution in [3.63, 3.8) is 0 Å². The number of aryl methyl sites for hydroxylation is 2. The van der Waals surface area contributed by atoms with E-state index in [2.05, 4.69) is 6.07 Å². The maximum atomic E-state index is 12.7. The number of hydrogen-bond donors (Lipinski definition) is 0. The molecule has 0 saturated heterocycles. The summed E-state index contributed by atoms with van der Waals surface area (Å²) >= 11 is 0. The summed E-state index contributed by atoms with van der Waals surface area (Å²) in [5.41, 5.74) is 6.02. The molecule has 2 aliphatic carbocycles. The van der Waals surface area contributed by atoms with Gasteiger partial charge in [0.25, 0.3) is 0 Å². The number of benzene rings is 2. The molecule has 2 aromatic carbocycles. The quantitative estimate of drug-likeness (QED) is 0.796. The number of carbonyl (C=O) groups excluding carboxylic acids is 2. The summed E-state index contributed by atoms with van der Waals surface area (Å²) in [5.74, 6) is 0.342. The fraction of sp³-hybridized carbons (Fsp3) is 0.263. The van der Waals surface area contributed by atoms with E-state index in [-0.39, 0.29) is 17.5 Å². The van der Waals surface area contributed by atoms with Crippen molar-refractivity contribution in [2.75, 3.05) is 0 Å². The lowest BCUT2D eigenvalue weighted by molar-refractivity contribution is 0.0970. The van der Waals surface area contributed by atoms with E-state index in [0.29, 0.717) is 6.42 Å². The molecule has 0 spiro atoms. The first kappa shape index (κ1) is 12.5. The highest BCUT2D eigenvalue weighted by Gasteiger charge is 2.34. The largest absolute Gasteiger partial charge is 0.294 e. The molecule has 2 nitrogen and oxygen atoms in total. The van der Waals surface area contributed by atoms with Crippen molar-refractivity contribution in [1.29, 1.82) is 0 Å². The van der Waals surface area contributed by atoms with Gasteiger partial charge in [-0.05, 0) is 48.6 Å². The van der Waals surface area contributed by atoms with Crippen LogP contribution >= 0.6 is 0 Å². The molecule has 0 N–H and O–H groups in total. The highest BCUT2D eigenvalue weighted by atomic mass is 16.1. The van der Waals surface area contributed by atoms with Crippen LogP contribution in [0.25, 0.3) is 0 Å². The number of rotatable bonds is 1. The van der Waals surface area contributed by atoms with Gasteiger partial charge in [-0.15, -0.1) is 0 Å². The van der Waals surface area contributed by atoms with Gasteiger partial charge in [-0.2, -0.15) is 0 Å². The van der Waals surface area contributed by atoms with Crippen molar-refractivity contribution in [2.24, 2.45) is 0 Å². The van der Waals surface area contributed by atoms with E-state index in [0.717, 1.165) is 40.7 Å². The first-order valence-electron chi connectivity index (χ1n) is 7.43. The Morgan fingerprint density at radius 1 is 0.952 bits per heavy atom. The number of carbonyl (C=O) groups is 2. The number of hydrogen-bond acceptors (Lipinski definition) is 2. The Balaban J connectivity index is 1.77. The van der Waals surface area contributed by atoms with Crippen molar-refractivity contribution in [3.05, 3.63) is 69.8 Å². The normalized spacial score (nSPS) is 19.8. The summed E-state index contributed by atoms with van der Waals surface area (Å²) in [4.78, 5) is 24.6. The molecule has 2 aromatic rings. The molecule has 4 rings (SSSR count). The van der Waals surface area contributed by atoms with E-state index in [1.165, 1.54) is 5.56 Å². The molecular formula is C19H16O2. The molecule has 0 amide bonds. The first-order valence-corrected chi connectivity index (χ1v) is 7.43. The molecule has 21 heavy (non-hydrogen) atoms. The SMILES string of the molecule is Cc1cccc(C2Cc3cc4c(cc3C2=O)CCC4=O)c1. The molecular weight excluding hydrogens is 260 g/mol. The van der Waals surface area contributed by atoms with Crippen LogP contribution in [0, 0.1) is 6.92 Å².